The summed E-state index contributed by atoms with van der Waals surface area (Å²) >= 11 is 0. The van der Waals surface area contributed by atoms with Crippen molar-refractivity contribution in [3.8, 4) is 11.5 Å². The molecule has 0 radical (unpaired) electrons. The minimum atomic E-state index is -3.52. The zero-order chi connectivity index (χ0) is 24.7. The SMILES string of the molecule is COc1cc(C(C)NC(=O)CCc2ccc(S(=O)(=O)N3CCOCC3)cc2)ccc1OC(C)C. The Morgan fingerprint density at radius 3 is 2.35 bits per heavy atom. The van der Waals surface area contributed by atoms with Crippen molar-refractivity contribution in [2.75, 3.05) is 33.4 Å². The number of nitrogens with one attached hydrogen (secondary N) is 1. The van der Waals surface area contributed by atoms with Gasteiger partial charge in [-0.25, -0.2) is 8.42 Å². The molecule has 0 aliphatic carbocycles. The van der Waals surface area contributed by atoms with Crippen LogP contribution in [0.2, 0.25) is 0 Å². The molecule has 1 saturated heterocycles. The van der Waals surface area contributed by atoms with E-state index < -0.39 is 10.0 Å². The summed E-state index contributed by atoms with van der Waals surface area (Å²) in [6.45, 7) is 7.37. The number of morpholine rings is 1. The topological polar surface area (TPSA) is 94.2 Å². The molecule has 2 aromatic carbocycles. The number of hydrogen-bond acceptors (Lipinski definition) is 6. The Morgan fingerprint density at radius 2 is 1.74 bits per heavy atom. The molecule has 186 valence electrons. The van der Waals surface area contributed by atoms with E-state index in [-0.39, 0.29) is 22.9 Å². The molecule has 1 N–H and O–H groups in total. The molecule has 0 bridgehead atoms. The molecule has 8 nitrogen and oxygen atoms in total. The normalized spacial score (nSPS) is 15.7. The maximum Gasteiger partial charge on any atom is 0.243 e. The van der Waals surface area contributed by atoms with Crippen LogP contribution in [0.25, 0.3) is 0 Å². The van der Waals surface area contributed by atoms with Crippen molar-refractivity contribution in [1.29, 1.82) is 0 Å². The average molecular weight is 491 g/mol. The lowest BCUT2D eigenvalue weighted by atomic mass is 10.1. The van der Waals surface area contributed by atoms with Crippen molar-refractivity contribution >= 4 is 15.9 Å². The lowest BCUT2D eigenvalue weighted by Crippen LogP contribution is -2.40. The molecule has 0 aromatic heterocycles. The largest absolute Gasteiger partial charge is 0.493 e. The van der Waals surface area contributed by atoms with Gasteiger partial charge in [-0.05, 0) is 62.6 Å². The Balaban J connectivity index is 1.54. The number of ether oxygens (including phenoxy) is 3. The van der Waals surface area contributed by atoms with E-state index in [4.69, 9.17) is 14.2 Å². The van der Waals surface area contributed by atoms with Crippen LogP contribution >= 0.6 is 0 Å². The van der Waals surface area contributed by atoms with Gasteiger partial charge in [-0.3, -0.25) is 4.79 Å². The molecule has 9 heteroatoms. The van der Waals surface area contributed by atoms with Crippen LogP contribution < -0.4 is 14.8 Å². The number of nitrogens with zero attached hydrogens (tertiary/aromatic N) is 1. The number of carbonyl (C=O) groups excluding carboxylic acids is 1. The van der Waals surface area contributed by atoms with Gasteiger partial charge in [0.05, 0.1) is 37.4 Å². The van der Waals surface area contributed by atoms with Gasteiger partial charge in [0.2, 0.25) is 15.9 Å². The smallest absolute Gasteiger partial charge is 0.243 e. The molecule has 1 atom stereocenters. The van der Waals surface area contributed by atoms with Crippen LogP contribution in [-0.4, -0.2) is 58.1 Å². The molecule has 3 rings (SSSR count). The van der Waals surface area contributed by atoms with Crippen molar-refractivity contribution in [2.45, 2.75) is 50.7 Å². The Kier molecular flexibility index (Phi) is 8.93. The number of carbonyl (C=O) groups is 1. The minimum Gasteiger partial charge on any atom is -0.493 e. The highest BCUT2D eigenvalue weighted by Crippen LogP contribution is 2.31. The number of amides is 1. The first-order chi connectivity index (χ1) is 16.2. The molecule has 34 heavy (non-hydrogen) atoms. The number of hydrogen-bond donors (Lipinski definition) is 1. The zero-order valence-corrected chi connectivity index (χ0v) is 21.1. The van der Waals surface area contributed by atoms with E-state index in [1.165, 1.54) is 4.31 Å². The van der Waals surface area contributed by atoms with E-state index in [1.807, 2.05) is 39.0 Å². The van der Waals surface area contributed by atoms with Crippen LogP contribution in [0, 0.1) is 0 Å². The van der Waals surface area contributed by atoms with Crippen molar-refractivity contribution in [2.24, 2.45) is 0 Å². The summed E-state index contributed by atoms with van der Waals surface area (Å²) in [4.78, 5) is 12.8. The fourth-order valence-electron chi connectivity index (χ4n) is 3.72. The first-order valence-electron chi connectivity index (χ1n) is 11.5. The van der Waals surface area contributed by atoms with Gasteiger partial charge < -0.3 is 19.5 Å². The van der Waals surface area contributed by atoms with Gasteiger partial charge in [0.15, 0.2) is 11.5 Å². The van der Waals surface area contributed by atoms with Gasteiger partial charge in [0.25, 0.3) is 0 Å². The average Bonchev–Trinajstić information content (AvgIpc) is 2.83. The maximum absolute atomic E-state index is 12.7. The van der Waals surface area contributed by atoms with E-state index in [2.05, 4.69) is 5.32 Å². The van der Waals surface area contributed by atoms with Gasteiger partial charge in [-0.15, -0.1) is 0 Å². The Labute approximate surface area is 202 Å². The van der Waals surface area contributed by atoms with Crippen LogP contribution in [0.3, 0.4) is 0 Å². The standard InChI is InChI=1S/C25H34N2O6S/c1-18(2)33-23-11-8-21(17-24(23)31-4)19(3)26-25(28)12-7-20-5-9-22(10-6-20)34(29,30)27-13-15-32-16-14-27/h5-6,8-11,17-19H,7,12-16H2,1-4H3,(H,26,28). The molecule has 1 aliphatic rings. The number of benzene rings is 2. The van der Waals surface area contributed by atoms with Crippen molar-refractivity contribution in [3.05, 3.63) is 53.6 Å². The summed E-state index contributed by atoms with van der Waals surface area (Å²) in [5, 5.41) is 3.01. The lowest BCUT2D eigenvalue weighted by Gasteiger charge is -2.26. The molecule has 1 amide bonds. The highest BCUT2D eigenvalue weighted by Gasteiger charge is 2.26. The lowest BCUT2D eigenvalue weighted by molar-refractivity contribution is -0.121. The third kappa shape index (κ3) is 6.71. The number of methoxy groups -OCH3 is 1. The molecule has 1 fully saturated rings. The quantitative estimate of drug-likeness (QED) is 0.549. The fourth-order valence-corrected chi connectivity index (χ4v) is 5.13. The molecule has 1 aliphatic heterocycles. The highest BCUT2D eigenvalue weighted by atomic mass is 32.2. The maximum atomic E-state index is 12.7. The summed E-state index contributed by atoms with van der Waals surface area (Å²) in [5.74, 6) is 1.21. The van der Waals surface area contributed by atoms with E-state index in [0.29, 0.717) is 50.6 Å². The molecule has 1 heterocycles. The molecular weight excluding hydrogens is 456 g/mol. The first kappa shape index (κ1) is 26.0. The third-order valence-electron chi connectivity index (χ3n) is 5.60. The van der Waals surface area contributed by atoms with Crippen LogP contribution in [0.4, 0.5) is 0 Å². The van der Waals surface area contributed by atoms with Gasteiger partial charge in [0.1, 0.15) is 0 Å². The summed E-state index contributed by atoms with van der Waals surface area (Å²) in [7, 11) is -1.93. The second kappa shape index (κ2) is 11.7. The van der Waals surface area contributed by atoms with Crippen LogP contribution in [-0.2, 0) is 26.0 Å². The van der Waals surface area contributed by atoms with Gasteiger partial charge in [-0.2, -0.15) is 4.31 Å². The summed E-state index contributed by atoms with van der Waals surface area (Å²) in [6.07, 6.45) is 0.845. The molecular formula is C25H34N2O6S. The summed E-state index contributed by atoms with van der Waals surface area (Å²) in [5.41, 5.74) is 1.82. The Bertz CT molecular complexity index is 1060. The van der Waals surface area contributed by atoms with E-state index in [0.717, 1.165) is 11.1 Å². The molecule has 1 unspecified atom stereocenters. The third-order valence-corrected chi connectivity index (χ3v) is 7.51. The van der Waals surface area contributed by atoms with E-state index in [9.17, 15) is 13.2 Å². The monoisotopic (exact) mass is 490 g/mol. The number of sulfonamides is 1. The molecule has 2 aromatic rings. The van der Waals surface area contributed by atoms with Crippen LogP contribution in [0.15, 0.2) is 47.4 Å². The Hall–Kier alpha value is -2.62. The second-order valence-electron chi connectivity index (χ2n) is 8.53. The van der Waals surface area contributed by atoms with Crippen molar-refractivity contribution < 1.29 is 27.4 Å². The fraction of sp³-hybridized carbons (Fsp3) is 0.480. The van der Waals surface area contributed by atoms with E-state index in [1.54, 1.807) is 31.4 Å². The predicted octanol–water partition coefficient (Wildman–Crippen LogP) is 3.31. The summed E-state index contributed by atoms with van der Waals surface area (Å²) < 4.78 is 43.3. The van der Waals surface area contributed by atoms with E-state index >= 15 is 0 Å². The minimum absolute atomic E-state index is 0.0328. The second-order valence-corrected chi connectivity index (χ2v) is 10.5. The Morgan fingerprint density at radius 1 is 1.06 bits per heavy atom. The van der Waals surface area contributed by atoms with Crippen molar-refractivity contribution in [1.82, 2.24) is 9.62 Å². The zero-order valence-electron chi connectivity index (χ0n) is 20.2. The van der Waals surface area contributed by atoms with Gasteiger partial charge >= 0.3 is 0 Å². The van der Waals surface area contributed by atoms with Crippen LogP contribution in [0.1, 0.15) is 44.4 Å². The summed E-state index contributed by atoms with van der Waals surface area (Å²) in [6, 6.07) is 12.2. The number of rotatable bonds is 10. The van der Waals surface area contributed by atoms with Gasteiger partial charge in [-0.1, -0.05) is 18.2 Å². The predicted molar refractivity (Wildman–Crippen MR) is 130 cm³/mol. The molecule has 0 spiro atoms. The number of aryl methyl sites for hydroxylation is 1. The van der Waals surface area contributed by atoms with Crippen molar-refractivity contribution in [3.63, 3.8) is 0 Å². The highest BCUT2D eigenvalue weighted by molar-refractivity contribution is 7.89. The first-order valence-corrected chi connectivity index (χ1v) is 13.0. The van der Waals surface area contributed by atoms with Gasteiger partial charge in [0, 0.05) is 19.5 Å². The molecule has 0 saturated carbocycles. The van der Waals surface area contributed by atoms with Crippen LogP contribution in [0.5, 0.6) is 11.5 Å².